The first kappa shape index (κ1) is 12.6. The highest BCUT2D eigenvalue weighted by Crippen LogP contribution is 2.23. The molecule has 0 aromatic heterocycles. The van der Waals surface area contributed by atoms with Crippen molar-refractivity contribution in [1.82, 2.24) is 4.90 Å². The number of likely N-dealkylation sites (tertiary alicyclic amines) is 1. The third kappa shape index (κ3) is 3.10. The molecule has 18 heavy (non-hydrogen) atoms. The van der Waals surface area contributed by atoms with Crippen LogP contribution < -0.4 is 0 Å². The number of hydrogen-bond donors (Lipinski definition) is 0. The second kappa shape index (κ2) is 6.20. The summed E-state index contributed by atoms with van der Waals surface area (Å²) in [7, 11) is 0. The third-order valence-corrected chi connectivity index (χ3v) is 3.29. The lowest BCUT2D eigenvalue weighted by molar-refractivity contribution is 0.413. The standard InChI is InChI=1S/C15H17FN2/c16-14-7-5-13(6-8-14)15(9-10-17)18-11-3-1-2-4-12-18/h5-9H,1-4,11-12H2/b15-9+. The van der Waals surface area contributed by atoms with E-state index in [1.165, 1.54) is 25.0 Å². The molecule has 3 heteroatoms. The minimum Gasteiger partial charge on any atom is -0.370 e. The van der Waals surface area contributed by atoms with Gasteiger partial charge in [-0.05, 0) is 42.7 Å². The van der Waals surface area contributed by atoms with E-state index in [-0.39, 0.29) is 5.82 Å². The predicted octanol–water partition coefficient (Wildman–Crippen LogP) is 3.57. The number of allylic oxidation sites excluding steroid dienone is 1. The van der Waals surface area contributed by atoms with Crippen molar-refractivity contribution in [2.75, 3.05) is 13.1 Å². The summed E-state index contributed by atoms with van der Waals surface area (Å²) in [5, 5.41) is 8.93. The van der Waals surface area contributed by atoms with E-state index in [0.717, 1.165) is 37.2 Å². The summed E-state index contributed by atoms with van der Waals surface area (Å²) in [6.07, 6.45) is 6.38. The van der Waals surface area contributed by atoms with Crippen molar-refractivity contribution in [3.8, 4) is 6.07 Å². The van der Waals surface area contributed by atoms with Crippen LogP contribution in [0.1, 0.15) is 31.2 Å². The van der Waals surface area contributed by atoms with Gasteiger partial charge in [-0.3, -0.25) is 0 Å². The van der Waals surface area contributed by atoms with Gasteiger partial charge in [0.25, 0.3) is 0 Å². The fourth-order valence-electron chi connectivity index (χ4n) is 2.35. The van der Waals surface area contributed by atoms with E-state index in [4.69, 9.17) is 5.26 Å². The summed E-state index contributed by atoms with van der Waals surface area (Å²) in [4.78, 5) is 2.24. The zero-order chi connectivity index (χ0) is 12.8. The fraction of sp³-hybridized carbons (Fsp3) is 0.400. The Morgan fingerprint density at radius 1 is 1.11 bits per heavy atom. The molecule has 1 aromatic carbocycles. The number of nitriles is 1. The van der Waals surface area contributed by atoms with Gasteiger partial charge < -0.3 is 4.90 Å². The normalized spacial score (nSPS) is 17.1. The zero-order valence-electron chi connectivity index (χ0n) is 10.4. The van der Waals surface area contributed by atoms with Crippen LogP contribution in [-0.2, 0) is 0 Å². The van der Waals surface area contributed by atoms with Crippen LogP contribution in [0.5, 0.6) is 0 Å². The van der Waals surface area contributed by atoms with Crippen molar-refractivity contribution in [3.63, 3.8) is 0 Å². The van der Waals surface area contributed by atoms with E-state index in [9.17, 15) is 4.39 Å². The topological polar surface area (TPSA) is 27.0 Å². The van der Waals surface area contributed by atoms with Gasteiger partial charge in [-0.25, -0.2) is 4.39 Å². The maximum atomic E-state index is 12.9. The van der Waals surface area contributed by atoms with Crippen LogP contribution in [0.25, 0.3) is 5.70 Å². The van der Waals surface area contributed by atoms with Gasteiger partial charge in [-0.15, -0.1) is 0 Å². The van der Waals surface area contributed by atoms with Crippen molar-refractivity contribution in [2.45, 2.75) is 25.7 Å². The molecule has 0 amide bonds. The van der Waals surface area contributed by atoms with Gasteiger partial charge in [0.05, 0.1) is 11.8 Å². The molecule has 1 saturated heterocycles. The van der Waals surface area contributed by atoms with Crippen LogP contribution >= 0.6 is 0 Å². The van der Waals surface area contributed by atoms with Gasteiger partial charge in [-0.2, -0.15) is 5.26 Å². The van der Waals surface area contributed by atoms with Crippen LogP contribution in [0, 0.1) is 17.1 Å². The molecule has 1 aromatic rings. The molecule has 0 bridgehead atoms. The molecular weight excluding hydrogens is 227 g/mol. The lowest BCUT2D eigenvalue weighted by Gasteiger charge is -2.25. The molecule has 1 fully saturated rings. The summed E-state index contributed by atoms with van der Waals surface area (Å²) in [5.74, 6) is -0.245. The molecule has 2 rings (SSSR count). The van der Waals surface area contributed by atoms with E-state index in [0.29, 0.717) is 0 Å². The van der Waals surface area contributed by atoms with E-state index >= 15 is 0 Å². The Morgan fingerprint density at radius 3 is 2.28 bits per heavy atom. The van der Waals surface area contributed by atoms with E-state index in [1.54, 1.807) is 18.2 Å². The lowest BCUT2D eigenvalue weighted by Crippen LogP contribution is -2.23. The number of benzene rings is 1. The molecule has 0 unspecified atom stereocenters. The molecule has 0 N–H and O–H groups in total. The SMILES string of the molecule is N#C/C=C(\c1ccc(F)cc1)N1CCCCCC1. The van der Waals surface area contributed by atoms with E-state index in [1.807, 2.05) is 0 Å². The number of halogens is 1. The summed E-state index contributed by atoms with van der Waals surface area (Å²) >= 11 is 0. The van der Waals surface area contributed by atoms with E-state index in [2.05, 4.69) is 11.0 Å². The smallest absolute Gasteiger partial charge is 0.123 e. The minimum atomic E-state index is -0.245. The van der Waals surface area contributed by atoms with Crippen molar-refractivity contribution < 1.29 is 4.39 Å². The summed E-state index contributed by atoms with van der Waals surface area (Å²) < 4.78 is 12.9. The summed E-state index contributed by atoms with van der Waals surface area (Å²) in [6.45, 7) is 1.95. The first-order chi connectivity index (χ1) is 8.81. The van der Waals surface area contributed by atoms with Crippen LogP contribution in [0.4, 0.5) is 4.39 Å². The maximum absolute atomic E-state index is 12.9. The Kier molecular flexibility index (Phi) is 4.35. The molecular formula is C15H17FN2. The summed E-state index contributed by atoms with van der Waals surface area (Å²) in [6, 6.07) is 8.47. The van der Waals surface area contributed by atoms with Crippen LogP contribution in [-0.4, -0.2) is 18.0 Å². The van der Waals surface area contributed by atoms with Crippen molar-refractivity contribution in [1.29, 1.82) is 5.26 Å². The lowest BCUT2D eigenvalue weighted by atomic mass is 10.1. The molecule has 94 valence electrons. The van der Waals surface area contributed by atoms with Crippen LogP contribution in [0.3, 0.4) is 0 Å². The average Bonchev–Trinajstić information content (AvgIpc) is 2.66. The molecule has 0 aliphatic carbocycles. The highest BCUT2D eigenvalue weighted by atomic mass is 19.1. The molecule has 2 nitrogen and oxygen atoms in total. The Labute approximate surface area is 107 Å². The number of hydrogen-bond acceptors (Lipinski definition) is 2. The predicted molar refractivity (Wildman–Crippen MR) is 70.0 cm³/mol. The first-order valence-corrected chi connectivity index (χ1v) is 6.42. The van der Waals surface area contributed by atoms with E-state index < -0.39 is 0 Å². The quantitative estimate of drug-likeness (QED) is 0.744. The third-order valence-electron chi connectivity index (χ3n) is 3.29. The van der Waals surface area contributed by atoms with Crippen molar-refractivity contribution >= 4 is 5.70 Å². The van der Waals surface area contributed by atoms with Crippen LogP contribution in [0.2, 0.25) is 0 Å². The maximum Gasteiger partial charge on any atom is 0.123 e. The van der Waals surface area contributed by atoms with Gasteiger partial charge in [0.15, 0.2) is 0 Å². The zero-order valence-corrected chi connectivity index (χ0v) is 10.4. The molecule has 0 spiro atoms. The minimum absolute atomic E-state index is 0.245. The molecule has 0 saturated carbocycles. The van der Waals surface area contributed by atoms with Gasteiger partial charge in [0.1, 0.15) is 5.82 Å². The fourth-order valence-corrected chi connectivity index (χ4v) is 2.35. The highest BCUT2D eigenvalue weighted by molar-refractivity contribution is 5.66. The Morgan fingerprint density at radius 2 is 1.72 bits per heavy atom. The molecule has 1 aliphatic heterocycles. The first-order valence-electron chi connectivity index (χ1n) is 6.42. The highest BCUT2D eigenvalue weighted by Gasteiger charge is 2.14. The Balaban J connectivity index is 2.25. The van der Waals surface area contributed by atoms with Crippen molar-refractivity contribution in [2.24, 2.45) is 0 Å². The second-order valence-corrected chi connectivity index (χ2v) is 4.57. The van der Waals surface area contributed by atoms with Crippen LogP contribution in [0.15, 0.2) is 30.3 Å². The summed E-state index contributed by atoms with van der Waals surface area (Å²) in [5.41, 5.74) is 1.83. The Bertz CT molecular complexity index is 448. The largest absolute Gasteiger partial charge is 0.370 e. The number of rotatable bonds is 2. The van der Waals surface area contributed by atoms with Gasteiger partial charge >= 0.3 is 0 Å². The van der Waals surface area contributed by atoms with Gasteiger partial charge in [0.2, 0.25) is 0 Å². The molecule has 0 atom stereocenters. The van der Waals surface area contributed by atoms with Gasteiger partial charge in [0, 0.05) is 19.2 Å². The molecule has 0 radical (unpaired) electrons. The van der Waals surface area contributed by atoms with Gasteiger partial charge in [-0.1, -0.05) is 12.8 Å². The molecule has 1 aliphatic rings. The Hall–Kier alpha value is -1.82. The monoisotopic (exact) mass is 244 g/mol. The average molecular weight is 244 g/mol. The van der Waals surface area contributed by atoms with Crippen molar-refractivity contribution in [3.05, 3.63) is 41.7 Å². The number of nitrogens with zero attached hydrogens (tertiary/aromatic N) is 2. The molecule has 1 heterocycles. The second-order valence-electron chi connectivity index (χ2n) is 4.57.